The number of ether oxygens (including phenoxy) is 1. The first-order valence-corrected chi connectivity index (χ1v) is 7.57. The van der Waals surface area contributed by atoms with Crippen LogP contribution in [-0.2, 0) is 4.74 Å². The van der Waals surface area contributed by atoms with E-state index >= 15 is 0 Å². The average molecular weight is 307 g/mol. The smallest absolute Gasteiger partial charge is 0.147 e. The molecule has 0 fully saturated rings. The molecule has 0 aliphatic carbocycles. The van der Waals surface area contributed by atoms with Gasteiger partial charge in [-0.3, -0.25) is 4.98 Å². The Morgan fingerprint density at radius 3 is 2.95 bits per heavy atom. The van der Waals surface area contributed by atoms with Gasteiger partial charge >= 0.3 is 0 Å². The Balaban J connectivity index is 1.87. The van der Waals surface area contributed by atoms with Crippen molar-refractivity contribution >= 4 is 22.4 Å². The quantitative estimate of drug-likeness (QED) is 0.724. The van der Waals surface area contributed by atoms with Crippen molar-refractivity contribution in [3.05, 3.63) is 24.5 Å². The van der Waals surface area contributed by atoms with E-state index in [0.29, 0.717) is 12.4 Å². The number of aromatic nitrogens is 2. The Hall–Kier alpha value is -1.70. The van der Waals surface area contributed by atoms with E-state index < -0.39 is 0 Å². The molecule has 0 aromatic carbocycles. The van der Waals surface area contributed by atoms with Crippen LogP contribution in [0.1, 0.15) is 0 Å². The molecule has 2 rings (SSSR count). The molecule has 0 radical (unpaired) electrons. The maximum atomic E-state index is 5.95. The molecule has 0 saturated carbocycles. The molecule has 114 valence electrons. The van der Waals surface area contributed by atoms with Crippen molar-refractivity contribution in [1.82, 2.24) is 14.3 Å². The number of hydrogen-bond acceptors (Lipinski definition) is 7. The number of nitrogens with zero attached hydrogens (tertiary/aromatic N) is 3. The maximum absolute atomic E-state index is 5.95. The molecule has 0 saturated heterocycles. The second-order valence-corrected chi connectivity index (χ2v) is 5.63. The van der Waals surface area contributed by atoms with Gasteiger partial charge in [-0.1, -0.05) is 6.07 Å². The second-order valence-electron chi connectivity index (χ2n) is 4.86. The van der Waals surface area contributed by atoms with Gasteiger partial charge < -0.3 is 20.7 Å². The van der Waals surface area contributed by atoms with Gasteiger partial charge in [0.05, 0.1) is 18.8 Å². The lowest BCUT2D eigenvalue weighted by atomic mass is 10.1. The van der Waals surface area contributed by atoms with Crippen LogP contribution in [0.2, 0.25) is 0 Å². The molecular weight excluding hydrogens is 286 g/mol. The van der Waals surface area contributed by atoms with Crippen molar-refractivity contribution in [3.8, 4) is 11.1 Å². The van der Waals surface area contributed by atoms with Gasteiger partial charge in [-0.2, -0.15) is 4.37 Å². The Morgan fingerprint density at radius 1 is 1.38 bits per heavy atom. The van der Waals surface area contributed by atoms with E-state index in [2.05, 4.69) is 19.6 Å². The third-order valence-corrected chi connectivity index (χ3v) is 3.70. The minimum atomic E-state index is 0.532. The van der Waals surface area contributed by atoms with Gasteiger partial charge in [-0.05, 0) is 31.7 Å². The molecule has 7 heteroatoms. The lowest BCUT2D eigenvalue weighted by Gasteiger charge is -2.10. The molecule has 21 heavy (non-hydrogen) atoms. The van der Waals surface area contributed by atoms with Gasteiger partial charge in [-0.15, -0.1) is 0 Å². The van der Waals surface area contributed by atoms with E-state index in [0.717, 1.165) is 35.8 Å². The van der Waals surface area contributed by atoms with Crippen molar-refractivity contribution in [2.24, 2.45) is 0 Å². The molecule has 2 heterocycles. The van der Waals surface area contributed by atoms with Crippen LogP contribution in [0.25, 0.3) is 11.1 Å². The standard InChI is InChI=1S/C14H21N5OS/c1-19(2)7-9-20-8-6-17-14-12(13(15)18-21-14)11-4-3-5-16-10-11/h3-5,10,17H,6-9H2,1-2H3,(H2,15,18). The van der Waals surface area contributed by atoms with Crippen molar-refractivity contribution in [2.45, 2.75) is 0 Å². The molecular formula is C14H21N5OS. The second kappa shape index (κ2) is 7.92. The molecule has 2 aromatic rings. The number of pyridine rings is 1. The van der Waals surface area contributed by atoms with Crippen LogP contribution < -0.4 is 11.1 Å². The largest absolute Gasteiger partial charge is 0.382 e. The summed E-state index contributed by atoms with van der Waals surface area (Å²) in [6.07, 6.45) is 3.53. The first-order chi connectivity index (χ1) is 10.2. The molecule has 0 amide bonds. The van der Waals surface area contributed by atoms with Gasteiger partial charge in [0.2, 0.25) is 0 Å². The molecule has 0 aliphatic rings. The van der Waals surface area contributed by atoms with Gasteiger partial charge in [0.25, 0.3) is 0 Å². The van der Waals surface area contributed by atoms with Crippen LogP contribution in [0.5, 0.6) is 0 Å². The summed E-state index contributed by atoms with van der Waals surface area (Å²) in [5.41, 5.74) is 7.84. The number of nitrogen functional groups attached to an aromatic ring is 1. The van der Waals surface area contributed by atoms with Crippen LogP contribution in [0.4, 0.5) is 10.8 Å². The first-order valence-electron chi connectivity index (χ1n) is 6.80. The average Bonchev–Trinajstić information content (AvgIpc) is 2.84. The molecule has 0 aliphatic heterocycles. The van der Waals surface area contributed by atoms with E-state index in [4.69, 9.17) is 10.5 Å². The molecule has 6 nitrogen and oxygen atoms in total. The summed E-state index contributed by atoms with van der Waals surface area (Å²) in [5.74, 6) is 0.532. The highest BCUT2D eigenvalue weighted by molar-refractivity contribution is 7.11. The minimum absolute atomic E-state index is 0.532. The van der Waals surface area contributed by atoms with Crippen molar-refractivity contribution in [3.63, 3.8) is 0 Å². The summed E-state index contributed by atoms with van der Waals surface area (Å²) in [6, 6.07) is 3.87. The van der Waals surface area contributed by atoms with Gasteiger partial charge in [0.15, 0.2) is 0 Å². The van der Waals surface area contributed by atoms with E-state index in [1.54, 1.807) is 12.4 Å². The van der Waals surface area contributed by atoms with Gasteiger partial charge in [0, 0.05) is 31.0 Å². The molecule has 0 spiro atoms. The maximum Gasteiger partial charge on any atom is 0.147 e. The lowest BCUT2D eigenvalue weighted by molar-refractivity contribution is 0.126. The number of nitrogens with one attached hydrogen (secondary N) is 1. The third-order valence-electron chi connectivity index (χ3n) is 2.88. The number of likely N-dealkylation sites (N-methyl/N-ethyl adjacent to an activating group) is 1. The fourth-order valence-corrected chi connectivity index (χ4v) is 2.56. The van der Waals surface area contributed by atoms with E-state index in [1.807, 2.05) is 26.2 Å². The Labute approximate surface area is 129 Å². The van der Waals surface area contributed by atoms with Crippen molar-refractivity contribution in [2.75, 3.05) is 51.4 Å². The minimum Gasteiger partial charge on any atom is -0.382 e. The van der Waals surface area contributed by atoms with Gasteiger partial charge in [0.1, 0.15) is 10.8 Å². The SMILES string of the molecule is CN(C)CCOCCNc1snc(N)c1-c1cccnc1. The summed E-state index contributed by atoms with van der Waals surface area (Å²) in [6.45, 7) is 3.03. The van der Waals surface area contributed by atoms with Crippen LogP contribution in [-0.4, -0.2) is 54.7 Å². The summed E-state index contributed by atoms with van der Waals surface area (Å²) in [7, 11) is 4.06. The Morgan fingerprint density at radius 2 is 2.24 bits per heavy atom. The topological polar surface area (TPSA) is 76.3 Å². The highest BCUT2D eigenvalue weighted by Gasteiger charge is 2.13. The summed E-state index contributed by atoms with van der Waals surface area (Å²) >= 11 is 1.36. The number of hydrogen-bond donors (Lipinski definition) is 2. The van der Waals surface area contributed by atoms with Crippen molar-refractivity contribution in [1.29, 1.82) is 0 Å². The summed E-state index contributed by atoms with van der Waals surface area (Å²) in [4.78, 5) is 6.22. The molecule has 2 aromatic heterocycles. The first kappa shape index (κ1) is 15.7. The van der Waals surface area contributed by atoms with E-state index in [-0.39, 0.29) is 0 Å². The summed E-state index contributed by atoms with van der Waals surface area (Å²) < 4.78 is 9.77. The third kappa shape index (κ3) is 4.66. The fraction of sp³-hybridized carbons (Fsp3) is 0.429. The van der Waals surface area contributed by atoms with E-state index in [1.165, 1.54) is 11.5 Å². The normalized spacial score (nSPS) is 11.0. The number of anilines is 2. The lowest BCUT2D eigenvalue weighted by Crippen LogP contribution is -2.19. The van der Waals surface area contributed by atoms with Crippen LogP contribution in [0, 0.1) is 0 Å². The number of nitrogens with two attached hydrogens (primary N) is 1. The predicted molar refractivity (Wildman–Crippen MR) is 87.6 cm³/mol. The van der Waals surface area contributed by atoms with Crippen LogP contribution in [0.15, 0.2) is 24.5 Å². The molecule has 3 N–H and O–H groups in total. The zero-order chi connectivity index (χ0) is 15.1. The highest BCUT2D eigenvalue weighted by Crippen LogP contribution is 2.35. The Kier molecular flexibility index (Phi) is 5.91. The molecule has 0 unspecified atom stereocenters. The highest BCUT2D eigenvalue weighted by atomic mass is 32.1. The fourth-order valence-electron chi connectivity index (χ4n) is 1.80. The predicted octanol–water partition coefficient (Wildman–Crippen LogP) is 1.78. The molecule has 0 atom stereocenters. The van der Waals surface area contributed by atoms with Gasteiger partial charge in [-0.25, -0.2) is 0 Å². The van der Waals surface area contributed by atoms with E-state index in [9.17, 15) is 0 Å². The Bertz CT molecular complexity index is 544. The monoisotopic (exact) mass is 307 g/mol. The zero-order valence-corrected chi connectivity index (χ0v) is 13.2. The zero-order valence-electron chi connectivity index (χ0n) is 12.4. The van der Waals surface area contributed by atoms with Crippen LogP contribution in [0.3, 0.4) is 0 Å². The molecule has 0 bridgehead atoms. The number of rotatable bonds is 8. The summed E-state index contributed by atoms with van der Waals surface area (Å²) in [5, 5.41) is 4.29. The van der Waals surface area contributed by atoms with Crippen molar-refractivity contribution < 1.29 is 4.74 Å². The van der Waals surface area contributed by atoms with Crippen LogP contribution >= 0.6 is 11.5 Å².